The first-order chi connectivity index (χ1) is 13.5. The van der Waals surface area contributed by atoms with Crippen molar-refractivity contribution in [2.75, 3.05) is 25.7 Å². The van der Waals surface area contributed by atoms with Crippen molar-refractivity contribution in [1.82, 2.24) is 0 Å². The Labute approximate surface area is 167 Å². The Morgan fingerprint density at radius 3 is 2.43 bits per heavy atom. The van der Waals surface area contributed by atoms with E-state index in [4.69, 9.17) is 25.8 Å². The molecule has 28 heavy (non-hydrogen) atoms. The summed E-state index contributed by atoms with van der Waals surface area (Å²) in [5, 5.41) is 0.573. The summed E-state index contributed by atoms with van der Waals surface area (Å²) in [5.74, 6) is 0.210. The van der Waals surface area contributed by atoms with Crippen LogP contribution in [0.3, 0.4) is 0 Å². The van der Waals surface area contributed by atoms with E-state index in [1.54, 1.807) is 55.5 Å². The number of rotatable bonds is 4. The Balaban J connectivity index is 1.80. The Hall–Kier alpha value is -2.99. The summed E-state index contributed by atoms with van der Waals surface area (Å²) in [7, 11) is 3.10. The van der Waals surface area contributed by atoms with Crippen molar-refractivity contribution < 1.29 is 23.8 Å². The molecule has 0 aliphatic carbocycles. The van der Waals surface area contributed by atoms with Crippen molar-refractivity contribution in [2.24, 2.45) is 0 Å². The van der Waals surface area contributed by atoms with Crippen LogP contribution >= 0.6 is 11.6 Å². The van der Waals surface area contributed by atoms with E-state index in [0.29, 0.717) is 33.5 Å². The molecule has 0 radical (unpaired) electrons. The first kappa shape index (κ1) is 18.4. The van der Waals surface area contributed by atoms with Crippen LogP contribution in [0.4, 0.5) is 5.69 Å². The first-order valence-corrected chi connectivity index (χ1v) is 9.12. The second-order valence-corrected chi connectivity index (χ2v) is 6.95. The van der Waals surface area contributed by atoms with Gasteiger partial charge < -0.3 is 14.2 Å². The van der Waals surface area contributed by atoms with Gasteiger partial charge in [-0.1, -0.05) is 17.7 Å². The van der Waals surface area contributed by atoms with E-state index < -0.39 is 11.9 Å². The van der Waals surface area contributed by atoms with Crippen LogP contribution in [0.25, 0.3) is 0 Å². The second kappa shape index (κ2) is 7.20. The van der Waals surface area contributed by atoms with Crippen LogP contribution < -0.4 is 14.4 Å². The Morgan fingerprint density at radius 1 is 1.04 bits per heavy atom. The first-order valence-electron chi connectivity index (χ1n) is 8.74. The van der Waals surface area contributed by atoms with Gasteiger partial charge in [0.25, 0.3) is 0 Å². The van der Waals surface area contributed by atoms with Crippen molar-refractivity contribution in [3.8, 4) is 11.5 Å². The van der Waals surface area contributed by atoms with E-state index in [9.17, 15) is 9.59 Å². The molecule has 2 aromatic carbocycles. The molecule has 2 heterocycles. The third-order valence-corrected chi connectivity index (χ3v) is 5.26. The number of hydrogen-bond donors (Lipinski definition) is 0. The molecule has 1 atom stereocenters. The topological polar surface area (TPSA) is 65.1 Å². The van der Waals surface area contributed by atoms with Crippen molar-refractivity contribution in [3.63, 3.8) is 0 Å². The number of halogens is 1. The maximum atomic E-state index is 13.0. The summed E-state index contributed by atoms with van der Waals surface area (Å²) in [6.45, 7) is 0.0618. The lowest BCUT2D eigenvalue weighted by atomic mass is 9.84. The van der Waals surface area contributed by atoms with Gasteiger partial charge in [0.2, 0.25) is 5.91 Å². The predicted octanol–water partition coefficient (Wildman–Crippen LogP) is 3.69. The Kier molecular flexibility index (Phi) is 4.73. The van der Waals surface area contributed by atoms with E-state index in [-0.39, 0.29) is 18.9 Å². The normalized spacial score (nSPS) is 18.8. The summed E-state index contributed by atoms with van der Waals surface area (Å²) >= 11 is 5.96. The predicted molar refractivity (Wildman–Crippen MR) is 104 cm³/mol. The highest BCUT2D eigenvalue weighted by molar-refractivity contribution is 6.30. The number of carbonyl (C=O) groups excluding carboxylic acids is 2. The molecule has 2 aliphatic heterocycles. The van der Waals surface area contributed by atoms with E-state index in [0.717, 1.165) is 5.56 Å². The molecule has 4 rings (SSSR count). The van der Waals surface area contributed by atoms with Crippen LogP contribution in [0.1, 0.15) is 17.9 Å². The number of amides is 1. The number of esters is 1. The number of methoxy groups -OCH3 is 2. The van der Waals surface area contributed by atoms with Crippen molar-refractivity contribution in [3.05, 3.63) is 64.3 Å². The summed E-state index contributed by atoms with van der Waals surface area (Å²) in [6, 6.07) is 12.3. The van der Waals surface area contributed by atoms with Crippen LogP contribution in [0.5, 0.6) is 11.5 Å². The van der Waals surface area contributed by atoms with Gasteiger partial charge in [-0.25, -0.2) is 4.79 Å². The highest BCUT2D eigenvalue weighted by Crippen LogP contribution is 2.43. The number of anilines is 1. The SMILES string of the molecule is COc1ccc([C@H]2CC(=O)N(c3ccc(Cl)cc3)C3=C2C(=O)OC3)cc1OC. The fraction of sp³-hybridized carbons (Fsp3) is 0.238. The van der Waals surface area contributed by atoms with Crippen molar-refractivity contribution in [1.29, 1.82) is 0 Å². The summed E-state index contributed by atoms with van der Waals surface area (Å²) in [5.41, 5.74) is 2.53. The van der Waals surface area contributed by atoms with Gasteiger partial charge in [0.1, 0.15) is 6.61 Å². The summed E-state index contributed by atoms with van der Waals surface area (Å²) in [6.07, 6.45) is 0.145. The standard InChI is InChI=1S/C21H18ClNO5/c1-26-17-8-3-12(9-18(17)27-2)15-10-19(24)23(14-6-4-13(22)5-7-14)16-11-28-21(25)20(15)16/h3-9,15H,10-11H2,1-2H3/t15-/m1/s1. The molecule has 0 bridgehead atoms. The maximum absolute atomic E-state index is 13.0. The lowest BCUT2D eigenvalue weighted by Crippen LogP contribution is -2.37. The largest absolute Gasteiger partial charge is 0.493 e. The van der Waals surface area contributed by atoms with Crippen LogP contribution in [-0.4, -0.2) is 32.7 Å². The summed E-state index contributed by atoms with van der Waals surface area (Å²) in [4.78, 5) is 27.1. The third-order valence-electron chi connectivity index (χ3n) is 5.01. The molecule has 144 valence electrons. The van der Waals surface area contributed by atoms with E-state index in [2.05, 4.69) is 0 Å². The highest BCUT2D eigenvalue weighted by Gasteiger charge is 2.43. The van der Waals surface area contributed by atoms with E-state index >= 15 is 0 Å². The van der Waals surface area contributed by atoms with Gasteiger partial charge in [-0.3, -0.25) is 9.69 Å². The van der Waals surface area contributed by atoms with E-state index in [1.807, 2.05) is 6.07 Å². The minimum atomic E-state index is -0.402. The van der Waals surface area contributed by atoms with Gasteiger partial charge in [-0.15, -0.1) is 0 Å². The lowest BCUT2D eigenvalue weighted by Gasteiger charge is -2.32. The monoisotopic (exact) mass is 399 g/mol. The second-order valence-electron chi connectivity index (χ2n) is 6.51. The molecule has 0 fully saturated rings. The van der Waals surface area contributed by atoms with Crippen molar-refractivity contribution in [2.45, 2.75) is 12.3 Å². The van der Waals surface area contributed by atoms with Gasteiger partial charge in [0.05, 0.1) is 25.5 Å². The quantitative estimate of drug-likeness (QED) is 0.733. The Bertz CT molecular complexity index is 983. The molecule has 0 unspecified atom stereocenters. The van der Waals surface area contributed by atoms with Crippen LogP contribution in [-0.2, 0) is 14.3 Å². The van der Waals surface area contributed by atoms with Gasteiger partial charge >= 0.3 is 5.97 Å². The average molecular weight is 400 g/mol. The lowest BCUT2D eigenvalue weighted by molar-refractivity contribution is -0.136. The fourth-order valence-corrected chi connectivity index (χ4v) is 3.82. The fourth-order valence-electron chi connectivity index (χ4n) is 3.70. The zero-order chi connectivity index (χ0) is 19.8. The third kappa shape index (κ3) is 2.99. The molecule has 6 nitrogen and oxygen atoms in total. The number of ether oxygens (including phenoxy) is 3. The van der Waals surface area contributed by atoms with Gasteiger partial charge in [0.15, 0.2) is 11.5 Å². The average Bonchev–Trinajstić information content (AvgIpc) is 3.09. The van der Waals surface area contributed by atoms with Crippen molar-refractivity contribution >= 4 is 29.2 Å². The minimum absolute atomic E-state index is 0.0618. The number of cyclic esters (lactones) is 1. The van der Waals surface area contributed by atoms with Crippen LogP contribution in [0.2, 0.25) is 5.02 Å². The number of hydrogen-bond acceptors (Lipinski definition) is 5. The molecular weight excluding hydrogens is 382 g/mol. The molecule has 7 heteroatoms. The smallest absolute Gasteiger partial charge is 0.336 e. The minimum Gasteiger partial charge on any atom is -0.493 e. The van der Waals surface area contributed by atoms with Crippen LogP contribution in [0.15, 0.2) is 53.7 Å². The zero-order valence-electron chi connectivity index (χ0n) is 15.4. The molecular formula is C21H18ClNO5. The van der Waals surface area contributed by atoms with Gasteiger partial charge in [-0.05, 0) is 42.0 Å². The Morgan fingerprint density at radius 2 is 1.75 bits per heavy atom. The number of benzene rings is 2. The molecule has 0 N–H and O–H groups in total. The maximum Gasteiger partial charge on any atom is 0.336 e. The molecule has 2 aromatic rings. The van der Waals surface area contributed by atoms with Gasteiger partial charge in [0, 0.05) is 23.0 Å². The molecule has 0 saturated carbocycles. The number of nitrogens with zero attached hydrogens (tertiary/aromatic N) is 1. The molecule has 0 saturated heterocycles. The number of carbonyl (C=O) groups is 2. The van der Waals surface area contributed by atoms with Crippen LogP contribution in [0, 0.1) is 0 Å². The highest BCUT2D eigenvalue weighted by atomic mass is 35.5. The molecule has 1 amide bonds. The molecule has 0 spiro atoms. The molecule has 0 aromatic heterocycles. The zero-order valence-corrected chi connectivity index (χ0v) is 16.2. The molecule has 2 aliphatic rings. The van der Waals surface area contributed by atoms with E-state index in [1.165, 1.54) is 0 Å². The van der Waals surface area contributed by atoms with Gasteiger partial charge in [-0.2, -0.15) is 0 Å². The summed E-state index contributed by atoms with van der Waals surface area (Å²) < 4.78 is 15.9.